The lowest BCUT2D eigenvalue weighted by molar-refractivity contribution is -0.133. The Kier molecular flexibility index (Phi) is 2.89. The highest BCUT2D eigenvalue weighted by Crippen LogP contribution is 2.42. The fraction of sp³-hybridized carbons (Fsp3) is 0.278. The van der Waals surface area contributed by atoms with Crippen molar-refractivity contribution in [2.75, 3.05) is 0 Å². The number of aryl methyl sites for hydroxylation is 3. The number of ether oxygens (including phenoxy) is 1. The maximum atomic E-state index is 12.3. The molecule has 1 unspecified atom stereocenters. The van der Waals surface area contributed by atoms with Crippen LogP contribution in [0.15, 0.2) is 30.3 Å². The summed E-state index contributed by atoms with van der Waals surface area (Å²) < 4.78 is 5.52. The Morgan fingerprint density at radius 3 is 2.45 bits per heavy atom. The van der Waals surface area contributed by atoms with Gasteiger partial charge in [-0.2, -0.15) is 0 Å². The van der Waals surface area contributed by atoms with Gasteiger partial charge in [0, 0.05) is 5.56 Å². The Hall–Kier alpha value is -2.09. The molecule has 0 amide bonds. The lowest BCUT2D eigenvalue weighted by atomic mass is 9.87. The van der Waals surface area contributed by atoms with Gasteiger partial charge in [0.05, 0.1) is 0 Å². The molecule has 1 atom stereocenters. The molecule has 3 rings (SSSR count). The second kappa shape index (κ2) is 4.48. The van der Waals surface area contributed by atoms with E-state index < -0.39 is 0 Å². The van der Waals surface area contributed by atoms with Crippen LogP contribution in [0.25, 0.3) is 0 Å². The summed E-state index contributed by atoms with van der Waals surface area (Å²) in [5.74, 6) is 0.289. The van der Waals surface area contributed by atoms with E-state index in [-0.39, 0.29) is 11.9 Å². The molecule has 0 N–H and O–H groups in total. The highest BCUT2D eigenvalue weighted by molar-refractivity contribution is 5.90. The molecule has 102 valence electrons. The minimum atomic E-state index is -0.288. The van der Waals surface area contributed by atoms with Gasteiger partial charge >= 0.3 is 5.97 Å². The fourth-order valence-corrected chi connectivity index (χ4v) is 3.01. The summed E-state index contributed by atoms with van der Waals surface area (Å²) >= 11 is 0. The molecule has 0 fully saturated rings. The van der Waals surface area contributed by atoms with Crippen LogP contribution in [0.4, 0.5) is 0 Å². The molecule has 0 bridgehead atoms. The first-order valence-electron chi connectivity index (χ1n) is 6.88. The number of esters is 1. The van der Waals surface area contributed by atoms with Gasteiger partial charge in [0.2, 0.25) is 0 Å². The Labute approximate surface area is 119 Å². The topological polar surface area (TPSA) is 26.3 Å². The van der Waals surface area contributed by atoms with Crippen LogP contribution >= 0.6 is 0 Å². The Balaban J connectivity index is 2.22. The second-order valence-electron chi connectivity index (χ2n) is 5.64. The molecule has 0 radical (unpaired) electrons. The fourth-order valence-electron chi connectivity index (χ4n) is 3.01. The Morgan fingerprint density at radius 2 is 1.70 bits per heavy atom. The third-order valence-corrected chi connectivity index (χ3v) is 4.15. The van der Waals surface area contributed by atoms with Crippen molar-refractivity contribution in [2.24, 2.45) is 0 Å². The van der Waals surface area contributed by atoms with Gasteiger partial charge in [-0.05, 0) is 49.9 Å². The standard InChI is InChI=1S/C18H18O2/c1-10-8-12(3)17-15(9-10)16(18(19)20-17)14-7-5-6-11(2)13(14)4/h5-9,16H,1-4H3. The SMILES string of the molecule is Cc1cc(C)c2c(c1)C(c1cccc(C)c1C)C(=O)O2. The number of carbonyl (C=O) groups is 1. The largest absolute Gasteiger partial charge is 0.425 e. The average molecular weight is 266 g/mol. The number of hydrogen-bond acceptors (Lipinski definition) is 2. The van der Waals surface area contributed by atoms with Gasteiger partial charge in [-0.25, -0.2) is 0 Å². The number of rotatable bonds is 1. The van der Waals surface area contributed by atoms with Gasteiger partial charge in [-0.1, -0.05) is 35.9 Å². The van der Waals surface area contributed by atoms with Crippen LogP contribution in [0.2, 0.25) is 0 Å². The molecular formula is C18H18O2. The molecule has 1 aliphatic rings. The lowest BCUT2D eigenvalue weighted by Gasteiger charge is -2.13. The minimum absolute atomic E-state index is 0.164. The summed E-state index contributed by atoms with van der Waals surface area (Å²) in [5.41, 5.74) is 6.62. The molecule has 0 aliphatic carbocycles. The van der Waals surface area contributed by atoms with E-state index in [1.54, 1.807) is 0 Å². The minimum Gasteiger partial charge on any atom is -0.425 e. The van der Waals surface area contributed by atoms with E-state index in [9.17, 15) is 4.79 Å². The van der Waals surface area contributed by atoms with E-state index in [4.69, 9.17) is 4.74 Å². The van der Waals surface area contributed by atoms with E-state index in [2.05, 4.69) is 39.0 Å². The first kappa shape index (κ1) is 12.9. The molecule has 1 heterocycles. The highest BCUT2D eigenvalue weighted by atomic mass is 16.5. The van der Waals surface area contributed by atoms with Crippen molar-refractivity contribution < 1.29 is 9.53 Å². The smallest absolute Gasteiger partial charge is 0.323 e. The van der Waals surface area contributed by atoms with E-state index in [0.717, 1.165) is 28.0 Å². The summed E-state index contributed by atoms with van der Waals surface area (Å²) in [7, 11) is 0. The predicted octanol–water partition coefficient (Wildman–Crippen LogP) is 3.97. The van der Waals surface area contributed by atoms with E-state index in [0.29, 0.717) is 0 Å². The molecule has 0 saturated heterocycles. The predicted molar refractivity (Wildman–Crippen MR) is 79.3 cm³/mol. The molecule has 1 aliphatic heterocycles. The summed E-state index contributed by atoms with van der Waals surface area (Å²) in [5, 5.41) is 0. The van der Waals surface area contributed by atoms with Gasteiger partial charge in [-0.3, -0.25) is 4.79 Å². The number of benzene rings is 2. The number of fused-ring (bicyclic) bond motifs is 1. The van der Waals surface area contributed by atoms with Crippen molar-refractivity contribution in [3.63, 3.8) is 0 Å². The van der Waals surface area contributed by atoms with E-state index in [1.807, 2.05) is 19.1 Å². The van der Waals surface area contributed by atoms with Crippen LogP contribution in [-0.4, -0.2) is 5.97 Å². The maximum absolute atomic E-state index is 12.3. The van der Waals surface area contributed by atoms with Crippen LogP contribution in [-0.2, 0) is 4.79 Å². The van der Waals surface area contributed by atoms with Crippen molar-refractivity contribution in [1.29, 1.82) is 0 Å². The van der Waals surface area contributed by atoms with Crippen LogP contribution < -0.4 is 4.74 Å². The molecule has 0 saturated carbocycles. The highest BCUT2D eigenvalue weighted by Gasteiger charge is 2.36. The van der Waals surface area contributed by atoms with Crippen molar-refractivity contribution >= 4 is 5.97 Å². The molecule has 2 nitrogen and oxygen atoms in total. The first-order chi connectivity index (χ1) is 9.49. The van der Waals surface area contributed by atoms with Gasteiger partial charge < -0.3 is 4.74 Å². The van der Waals surface area contributed by atoms with Gasteiger partial charge in [-0.15, -0.1) is 0 Å². The van der Waals surface area contributed by atoms with Crippen molar-refractivity contribution in [1.82, 2.24) is 0 Å². The Morgan fingerprint density at radius 1 is 0.950 bits per heavy atom. The zero-order chi connectivity index (χ0) is 14.4. The van der Waals surface area contributed by atoms with Crippen molar-refractivity contribution in [2.45, 2.75) is 33.6 Å². The molecule has 0 spiro atoms. The van der Waals surface area contributed by atoms with Crippen molar-refractivity contribution in [3.8, 4) is 5.75 Å². The molecule has 2 aromatic carbocycles. The normalized spacial score (nSPS) is 17.0. The summed E-state index contributed by atoms with van der Waals surface area (Å²) in [6.45, 7) is 8.18. The molecule has 0 aromatic heterocycles. The van der Waals surface area contributed by atoms with Crippen LogP contribution in [0, 0.1) is 27.7 Å². The van der Waals surface area contributed by atoms with Crippen LogP contribution in [0.5, 0.6) is 5.75 Å². The first-order valence-corrected chi connectivity index (χ1v) is 6.88. The molecule has 2 heteroatoms. The quantitative estimate of drug-likeness (QED) is 0.576. The summed E-state index contributed by atoms with van der Waals surface area (Å²) in [4.78, 5) is 12.3. The zero-order valence-electron chi connectivity index (χ0n) is 12.3. The third kappa shape index (κ3) is 1.83. The summed E-state index contributed by atoms with van der Waals surface area (Å²) in [6.07, 6.45) is 0. The average Bonchev–Trinajstić information content (AvgIpc) is 2.70. The second-order valence-corrected chi connectivity index (χ2v) is 5.64. The lowest BCUT2D eigenvalue weighted by Crippen LogP contribution is -2.13. The Bertz CT molecular complexity index is 714. The third-order valence-electron chi connectivity index (χ3n) is 4.15. The van der Waals surface area contributed by atoms with Gasteiger partial charge in [0.1, 0.15) is 11.7 Å². The van der Waals surface area contributed by atoms with Gasteiger partial charge in [0.15, 0.2) is 0 Å². The molecule has 20 heavy (non-hydrogen) atoms. The molecular weight excluding hydrogens is 248 g/mol. The number of carbonyl (C=O) groups excluding carboxylic acids is 1. The number of hydrogen-bond donors (Lipinski definition) is 0. The van der Waals surface area contributed by atoms with Crippen LogP contribution in [0.3, 0.4) is 0 Å². The van der Waals surface area contributed by atoms with Crippen molar-refractivity contribution in [3.05, 3.63) is 63.7 Å². The monoisotopic (exact) mass is 266 g/mol. The maximum Gasteiger partial charge on any atom is 0.323 e. The van der Waals surface area contributed by atoms with E-state index in [1.165, 1.54) is 11.1 Å². The molecule has 2 aromatic rings. The van der Waals surface area contributed by atoms with Crippen LogP contribution in [0.1, 0.15) is 39.3 Å². The summed E-state index contributed by atoms with van der Waals surface area (Å²) in [6, 6.07) is 10.2. The van der Waals surface area contributed by atoms with Gasteiger partial charge in [0.25, 0.3) is 0 Å². The zero-order valence-corrected chi connectivity index (χ0v) is 12.3. The van der Waals surface area contributed by atoms with E-state index >= 15 is 0 Å².